The zero-order valence-corrected chi connectivity index (χ0v) is 10.9. The van der Waals surface area contributed by atoms with Crippen molar-refractivity contribution in [3.63, 3.8) is 0 Å². The van der Waals surface area contributed by atoms with E-state index in [1.807, 2.05) is 14.0 Å². The Hall–Kier alpha value is -1.35. The van der Waals surface area contributed by atoms with E-state index in [-0.39, 0.29) is 0 Å². The second kappa shape index (κ2) is 5.32. The minimum Gasteiger partial charge on any atom is -0.342 e. The Morgan fingerprint density at radius 1 is 1.41 bits per heavy atom. The topological polar surface area (TPSA) is 40.7 Å². The minimum absolute atomic E-state index is 0.710. The van der Waals surface area contributed by atoms with Gasteiger partial charge in [-0.2, -0.15) is 0 Å². The van der Waals surface area contributed by atoms with Gasteiger partial charge in [-0.3, -0.25) is 0 Å². The summed E-state index contributed by atoms with van der Waals surface area (Å²) in [6.07, 6.45) is 2.34. The zero-order chi connectivity index (χ0) is 12.3. The third-order valence-corrected chi connectivity index (χ3v) is 3.26. The zero-order valence-electron chi connectivity index (χ0n) is 10.9. The monoisotopic (exact) mass is 231 g/mol. The molecule has 2 aromatic rings. The second-order valence-corrected chi connectivity index (χ2v) is 4.71. The maximum Gasteiger partial charge on any atom is 0.104 e. The van der Waals surface area contributed by atoms with E-state index >= 15 is 0 Å². The van der Waals surface area contributed by atoms with Gasteiger partial charge in [-0.05, 0) is 50.6 Å². The van der Waals surface area contributed by atoms with Crippen molar-refractivity contribution in [2.24, 2.45) is 5.92 Å². The first-order valence-electron chi connectivity index (χ1n) is 6.32. The number of nitrogens with zero attached hydrogens (tertiary/aromatic N) is 1. The maximum absolute atomic E-state index is 4.42. The largest absolute Gasteiger partial charge is 0.342 e. The smallest absolute Gasteiger partial charge is 0.104 e. The molecule has 0 saturated carbocycles. The first-order valence-corrected chi connectivity index (χ1v) is 6.32. The Balaban J connectivity index is 2.17. The molecule has 0 spiro atoms. The van der Waals surface area contributed by atoms with Gasteiger partial charge in [0.05, 0.1) is 11.0 Å². The van der Waals surface area contributed by atoms with Crippen LogP contribution in [-0.2, 0) is 6.42 Å². The number of benzene rings is 1. The third-order valence-electron chi connectivity index (χ3n) is 3.26. The fraction of sp³-hybridized carbons (Fsp3) is 0.500. The highest BCUT2D eigenvalue weighted by atomic mass is 14.9. The van der Waals surface area contributed by atoms with Gasteiger partial charge in [0.25, 0.3) is 0 Å². The van der Waals surface area contributed by atoms with Crippen molar-refractivity contribution in [1.82, 2.24) is 15.3 Å². The molecule has 2 N–H and O–H groups in total. The molecule has 0 amide bonds. The highest BCUT2D eigenvalue weighted by Crippen LogP contribution is 2.17. The van der Waals surface area contributed by atoms with Crippen LogP contribution in [0.5, 0.6) is 0 Å². The summed E-state index contributed by atoms with van der Waals surface area (Å²) in [5.41, 5.74) is 3.61. The number of imidazole rings is 1. The fourth-order valence-electron chi connectivity index (χ4n) is 2.29. The molecule has 0 aliphatic carbocycles. The highest BCUT2D eigenvalue weighted by molar-refractivity contribution is 5.75. The van der Waals surface area contributed by atoms with Crippen LogP contribution < -0.4 is 5.32 Å². The van der Waals surface area contributed by atoms with Gasteiger partial charge < -0.3 is 10.3 Å². The molecule has 0 radical (unpaired) electrons. The molecule has 1 heterocycles. The molecule has 0 aliphatic heterocycles. The van der Waals surface area contributed by atoms with E-state index in [0.717, 1.165) is 29.8 Å². The minimum atomic E-state index is 0.710. The van der Waals surface area contributed by atoms with Crippen LogP contribution in [0.4, 0.5) is 0 Å². The van der Waals surface area contributed by atoms with Crippen LogP contribution in [0.2, 0.25) is 0 Å². The first-order chi connectivity index (χ1) is 8.22. The van der Waals surface area contributed by atoms with E-state index in [9.17, 15) is 0 Å². The van der Waals surface area contributed by atoms with Crippen LogP contribution in [-0.4, -0.2) is 23.6 Å². The summed E-state index contributed by atoms with van der Waals surface area (Å²) in [4.78, 5) is 7.72. The Morgan fingerprint density at radius 3 is 2.94 bits per heavy atom. The molecule has 1 atom stereocenters. The van der Waals surface area contributed by atoms with Crippen LogP contribution in [0.25, 0.3) is 11.0 Å². The average molecular weight is 231 g/mol. The molecule has 92 valence electrons. The van der Waals surface area contributed by atoms with Gasteiger partial charge >= 0.3 is 0 Å². The van der Waals surface area contributed by atoms with Crippen molar-refractivity contribution in [2.45, 2.75) is 26.7 Å². The number of aryl methyl sites for hydroxylation is 1. The lowest BCUT2D eigenvalue weighted by molar-refractivity contribution is 0.481. The molecule has 0 bridgehead atoms. The normalized spacial score (nSPS) is 13.1. The molecular formula is C14H21N3. The van der Waals surface area contributed by atoms with Crippen molar-refractivity contribution in [1.29, 1.82) is 0 Å². The van der Waals surface area contributed by atoms with Crippen molar-refractivity contribution >= 4 is 11.0 Å². The van der Waals surface area contributed by atoms with Crippen molar-refractivity contribution in [3.05, 3.63) is 29.6 Å². The van der Waals surface area contributed by atoms with E-state index in [1.54, 1.807) is 0 Å². The van der Waals surface area contributed by atoms with Crippen molar-refractivity contribution in [2.75, 3.05) is 13.6 Å². The van der Waals surface area contributed by atoms with Crippen molar-refractivity contribution in [3.8, 4) is 0 Å². The lowest BCUT2D eigenvalue weighted by atomic mass is 9.96. The van der Waals surface area contributed by atoms with Gasteiger partial charge in [0.15, 0.2) is 0 Å². The fourth-order valence-corrected chi connectivity index (χ4v) is 2.29. The van der Waals surface area contributed by atoms with E-state index in [4.69, 9.17) is 0 Å². The van der Waals surface area contributed by atoms with E-state index < -0.39 is 0 Å². The molecule has 3 nitrogen and oxygen atoms in total. The number of hydrogen-bond acceptors (Lipinski definition) is 2. The van der Waals surface area contributed by atoms with Gasteiger partial charge in [-0.25, -0.2) is 4.98 Å². The molecule has 0 saturated heterocycles. The summed E-state index contributed by atoms with van der Waals surface area (Å²) in [5.74, 6) is 1.70. The van der Waals surface area contributed by atoms with Crippen LogP contribution in [0.1, 0.15) is 24.7 Å². The maximum atomic E-state index is 4.42. The molecule has 1 aromatic heterocycles. The third kappa shape index (κ3) is 2.86. The lowest BCUT2D eigenvalue weighted by Gasteiger charge is -2.14. The SMILES string of the molecule is CCC(CNC)Cc1ccc2nc(C)[nH]c2c1. The molecule has 3 heteroatoms. The quantitative estimate of drug-likeness (QED) is 0.830. The number of H-pyrrole nitrogens is 1. The number of rotatable bonds is 5. The molecule has 0 aliphatic rings. The Bertz CT molecular complexity index is 487. The van der Waals surface area contributed by atoms with E-state index in [2.05, 4.69) is 40.4 Å². The van der Waals surface area contributed by atoms with E-state index in [0.29, 0.717) is 5.92 Å². The first kappa shape index (κ1) is 12.1. The van der Waals surface area contributed by atoms with Crippen molar-refractivity contribution < 1.29 is 0 Å². The van der Waals surface area contributed by atoms with Crippen LogP contribution in [0.3, 0.4) is 0 Å². The second-order valence-electron chi connectivity index (χ2n) is 4.71. The van der Waals surface area contributed by atoms with Gasteiger partial charge in [-0.15, -0.1) is 0 Å². The summed E-state index contributed by atoms with van der Waals surface area (Å²) in [6.45, 7) is 5.33. The molecular weight excluding hydrogens is 210 g/mol. The molecule has 1 unspecified atom stereocenters. The summed E-state index contributed by atoms with van der Waals surface area (Å²) in [6, 6.07) is 6.54. The van der Waals surface area contributed by atoms with Gasteiger partial charge in [0.1, 0.15) is 5.82 Å². The summed E-state index contributed by atoms with van der Waals surface area (Å²) in [5, 5.41) is 3.26. The Kier molecular flexibility index (Phi) is 3.79. The lowest BCUT2D eigenvalue weighted by Crippen LogP contribution is -2.20. The van der Waals surface area contributed by atoms with Gasteiger partial charge in [0.2, 0.25) is 0 Å². The van der Waals surface area contributed by atoms with Gasteiger partial charge in [0, 0.05) is 0 Å². The van der Waals surface area contributed by atoms with Crippen LogP contribution in [0, 0.1) is 12.8 Å². The average Bonchev–Trinajstić information content (AvgIpc) is 2.68. The van der Waals surface area contributed by atoms with E-state index in [1.165, 1.54) is 12.0 Å². The Labute approximate surface area is 103 Å². The highest BCUT2D eigenvalue weighted by Gasteiger charge is 2.07. The summed E-state index contributed by atoms with van der Waals surface area (Å²) < 4.78 is 0. The van der Waals surface area contributed by atoms with Crippen LogP contribution in [0.15, 0.2) is 18.2 Å². The summed E-state index contributed by atoms with van der Waals surface area (Å²) >= 11 is 0. The molecule has 2 rings (SSSR count). The summed E-state index contributed by atoms with van der Waals surface area (Å²) in [7, 11) is 2.02. The number of aromatic nitrogens is 2. The van der Waals surface area contributed by atoms with Gasteiger partial charge in [-0.1, -0.05) is 19.4 Å². The van der Waals surface area contributed by atoms with Crippen LogP contribution >= 0.6 is 0 Å². The molecule has 0 fully saturated rings. The Morgan fingerprint density at radius 2 is 2.24 bits per heavy atom. The number of nitrogens with one attached hydrogen (secondary N) is 2. The molecule has 1 aromatic carbocycles. The number of hydrogen-bond donors (Lipinski definition) is 2. The predicted molar refractivity (Wildman–Crippen MR) is 72.2 cm³/mol. The standard InChI is InChI=1S/C14H21N3/c1-4-11(9-15-3)7-12-5-6-13-14(8-12)17-10(2)16-13/h5-6,8,11,15H,4,7,9H2,1-3H3,(H,16,17). The predicted octanol–water partition coefficient (Wildman–Crippen LogP) is 2.66. The number of fused-ring (bicyclic) bond motifs is 1. The molecule has 17 heavy (non-hydrogen) atoms. The number of aromatic amines is 1.